The lowest BCUT2D eigenvalue weighted by molar-refractivity contribution is -0.384. The average molecular weight is 305 g/mol. The molecule has 1 N–H and O–H groups in total. The minimum absolute atomic E-state index is 0.0763. The summed E-state index contributed by atoms with van der Waals surface area (Å²) in [6, 6.07) is 13.9. The van der Waals surface area contributed by atoms with Crippen molar-refractivity contribution >= 4 is 17.3 Å². The highest BCUT2D eigenvalue weighted by atomic mass is 35.5. The number of rotatable bonds is 3. The number of nitro groups is 1. The molecule has 0 aromatic heterocycles. The third-order valence-electron chi connectivity index (χ3n) is 3.45. The van der Waals surface area contributed by atoms with Crippen LogP contribution in [0.1, 0.15) is 23.5 Å². The molecule has 0 aliphatic carbocycles. The zero-order chi connectivity index (χ0) is 14.8. The van der Waals surface area contributed by atoms with Crippen LogP contribution in [0.25, 0.3) is 0 Å². The first kappa shape index (κ1) is 14.0. The predicted molar refractivity (Wildman–Crippen MR) is 79.1 cm³/mol. The minimum Gasteiger partial charge on any atom is -0.350 e. The van der Waals surface area contributed by atoms with Crippen molar-refractivity contribution in [1.29, 1.82) is 0 Å². The third kappa shape index (κ3) is 2.90. The molecule has 0 spiro atoms. The van der Waals surface area contributed by atoms with Crippen molar-refractivity contribution in [1.82, 2.24) is 5.32 Å². The molecule has 5 nitrogen and oxygen atoms in total. The van der Waals surface area contributed by atoms with Crippen molar-refractivity contribution < 1.29 is 9.66 Å². The van der Waals surface area contributed by atoms with Gasteiger partial charge in [-0.15, -0.1) is 0 Å². The molecule has 0 radical (unpaired) electrons. The van der Waals surface area contributed by atoms with Gasteiger partial charge in [-0.3, -0.25) is 15.4 Å². The zero-order valence-corrected chi connectivity index (χ0v) is 11.8. The fourth-order valence-corrected chi connectivity index (χ4v) is 2.59. The van der Waals surface area contributed by atoms with Gasteiger partial charge >= 0.3 is 0 Å². The second kappa shape index (κ2) is 5.81. The van der Waals surface area contributed by atoms with Crippen LogP contribution >= 0.6 is 11.6 Å². The Labute approximate surface area is 126 Å². The van der Waals surface area contributed by atoms with Crippen molar-refractivity contribution in [3.8, 4) is 0 Å². The molecule has 21 heavy (non-hydrogen) atoms. The topological polar surface area (TPSA) is 64.4 Å². The first-order valence-corrected chi connectivity index (χ1v) is 6.90. The molecule has 1 fully saturated rings. The second-order valence-electron chi connectivity index (χ2n) is 4.78. The lowest BCUT2D eigenvalue weighted by atomic mass is 10.1. The van der Waals surface area contributed by atoms with Crippen LogP contribution in [0.5, 0.6) is 0 Å². The maximum atomic E-state index is 10.7. The fraction of sp³-hybridized carbons (Fsp3) is 0.200. The average Bonchev–Trinajstić information content (AvgIpc) is 2.97. The molecular formula is C15H13ClN2O3. The molecule has 1 aliphatic heterocycles. The van der Waals surface area contributed by atoms with E-state index in [-0.39, 0.29) is 18.0 Å². The van der Waals surface area contributed by atoms with Crippen LogP contribution in [0.2, 0.25) is 5.02 Å². The Morgan fingerprint density at radius 3 is 2.57 bits per heavy atom. The number of non-ortho nitro benzene ring substituents is 1. The summed E-state index contributed by atoms with van der Waals surface area (Å²) in [5.74, 6) is 0. The Bertz CT molecular complexity index is 660. The van der Waals surface area contributed by atoms with E-state index in [1.807, 2.05) is 24.3 Å². The van der Waals surface area contributed by atoms with Crippen molar-refractivity contribution in [3.63, 3.8) is 0 Å². The molecular weight excluding hydrogens is 292 g/mol. The predicted octanol–water partition coefficient (Wildman–Crippen LogP) is 3.61. The lowest BCUT2D eigenvalue weighted by Crippen LogP contribution is -2.14. The van der Waals surface area contributed by atoms with Crippen LogP contribution in [0.15, 0.2) is 48.5 Å². The number of benzene rings is 2. The zero-order valence-electron chi connectivity index (χ0n) is 11.0. The van der Waals surface area contributed by atoms with E-state index in [4.69, 9.17) is 16.3 Å². The molecule has 1 aliphatic rings. The summed E-state index contributed by atoms with van der Waals surface area (Å²) in [7, 11) is 0. The number of nitro benzene ring substituents is 1. The van der Waals surface area contributed by atoms with Crippen LogP contribution in [-0.2, 0) is 4.74 Å². The molecule has 6 heteroatoms. The van der Waals surface area contributed by atoms with Crippen LogP contribution in [0.3, 0.4) is 0 Å². The molecule has 2 atom stereocenters. The van der Waals surface area contributed by atoms with E-state index in [0.29, 0.717) is 11.6 Å². The number of ether oxygens (including phenoxy) is 1. The first-order chi connectivity index (χ1) is 10.1. The monoisotopic (exact) mass is 304 g/mol. The molecule has 2 aromatic carbocycles. The highest BCUT2D eigenvalue weighted by molar-refractivity contribution is 6.31. The summed E-state index contributed by atoms with van der Waals surface area (Å²) in [5.41, 5.74) is 1.87. The van der Waals surface area contributed by atoms with E-state index in [0.717, 1.165) is 11.1 Å². The number of hydrogen-bond donors (Lipinski definition) is 1. The highest BCUT2D eigenvalue weighted by Gasteiger charge is 2.28. The van der Waals surface area contributed by atoms with Crippen LogP contribution < -0.4 is 5.32 Å². The fourth-order valence-electron chi connectivity index (χ4n) is 2.35. The maximum Gasteiger partial charge on any atom is 0.269 e. The molecule has 0 amide bonds. The normalized spacial score (nSPS) is 21.4. The summed E-state index contributed by atoms with van der Waals surface area (Å²) < 4.78 is 5.95. The summed E-state index contributed by atoms with van der Waals surface area (Å²) in [4.78, 5) is 10.2. The van der Waals surface area contributed by atoms with E-state index in [1.165, 1.54) is 12.1 Å². The standard InChI is InChI=1S/C15H13ClN2O3/c16-13-4-2-1-3-12(13)15-17-9-14(21-15)10-5-7-11(8-6-10)18(19)20/h1-8,14-15,17H,9H2/t14-,15+/m1/s1. The molecule has 0 saturated carbocycles. The third-order valence-corrected chi connectivity index (χ3v) is 3.80. The molecule has 0 bridgehead atoms. The molecule has 1 saturated heterocycles. The minimum atomic E-state index is -0.413. The van der Waals surface area contributed by atoms with Gasteiger partial charge in [-0.1, -0.05) is 29.8 Å². The van der Waals surface area contributed by atoms with Crippen LogP contribution in [-0.4, -0.2) is 11.5 Å². The van der Waals surface area contributed by atoms with E-state index in [1.54, 1.807) is 12.1 Å². The van der Waals surface area contributed by atoms with E-state index >= 15 is 0 Å². The number of halogens is 1. The smallest absolute Gasteiger partial charge is 0.269 e. The Balaban J connectivity index is 1.75. The molecule has 0 unspecified atom stereocenters. The van der Waals surface area contributed by atoms with Crippen LogP contribution in [0.4, 0.5) is 5.69 Å². The first-order valence-electron chi connectivity index (χ1n) is 6.53. The van der Waals surface area contributed by atoms with Gasteiger partial charge in [0.1, 0.15) is 6.23 Å². The van der Waals surface area contributed by atoms with Gasteiger partial charge in [0.15, 0.2) is 0 Å². The maximum absolute atomic E-state index is 10.7. The lowest BCUT2D eigenvalue weighted by Gasteiger charge is -2.14. The van der Waals surface area contributed by atoms with Gasteiger partial charge in [0.2, 0.25) is 0 Å². The Morgan fingerprint density at radius 1 is 1.19 bits per heavy atom. The Kier molecular flexibility index (Phi) is 3.88. The SMILES string of the molecule is O=[N+]([O-])c1ccc([C@H]2CN[C@H](c3ccccc3Cl)O2)cc1. The van der Waals surface area contributed by atoms with Gasteiger partial charge in [-0.25, -0.2) is 0 Å². The van der Waals surface area contributed by atoms with Gasteiger partial charge < -0.3 is 4.74 Å². The Morgan fingerprint density at radius 2 is 1.90 bits per heavy atom. The summed E-state index contributed by atoms with van der Waals surface area (Å²) in [5, 5.41) is 14.6. The second-order valence-corrected chi connectivity index (χ2v) is 5.19. The summed E-state index contributed by atoms with van der Waals surface area (Å²) in [6.07, 6.45) is -0.411. The van der Waals surface area contributed by atoms with E-state index < -0.39 is 4.92 Å². The quantitative estimate of drug-likeness (QED) is 0.695. The molecule has 108 valence electrons. The molecule has 2 aromatic rings. The summed E-state index contributed by atoms with van der Waals surface area (Å²) in [6.45, 7) is 0.633. The van der Waals surface area contributed by atoms with Gasteiger partial charge in [0, 0.05) is 29.3 Å². The highest BCUT2D eigenvalue weighted by Crippen LogP contribution is 2.33. The van der Waals surface area contributed by atoms with Crippen molar-refractivity contribution in [2.45, 2.75) is 12.3 Å². The van der Waals surface area contributed by atoms with E-state index in [9.17, 15) is 10.1 Å². The van der Waals surface area contributed by atoms with Crippen molar-refractivity contribution in [3.05, 3.63) is 74.8 Å². The largest absolute Gasteiger partial charge is 0.350 e. The van der Waals surface area contributed by atoms with Crippen molar-refractivity contribution in [2.75, 3.05) is 6.54 Å². The van der Waals surface area contributed by atoms with Crippen molar-refractivity contribution in [2.24, 2.45) is 0 Å². The summed E-state index contributed by atoms with van der Waals surface area (Å²) >= 11 is 6.16. The number of nitrogens with zero attached hydrogens (tertiary/aromatic N) is 1. The molecule has 1 heterocycles. The number of nitrogens with one attached hydrogen (secondary N) is 1. The molecule has 3 rings (SSSR count). The van der Waals surface area contributed by atoms with Gasteiger partial charge in [-0.2, -0.15) is 0 Å². The van der Waals surface area contributed by atoms with Gasteiger partial charge in [0.25, 0.3) is 5.69 Å². The van der Waals surface area contributed by atoms with Crippen LogP contribution in [0, 0.1) is 10.1 Å². The Hall–Kier alpha value is -1.95. The van der Waals surface area contributed by atoms with Gasteiger partial charge in [-0.05, 0) is 23.8 Å². The number of hydrogen-bond acceptors (Lipinski definition) is 4. The van der Waals surface area contributed by atoms with E-state index in [2.05, 4.69) is 5.32 Å². The van der Waals surface area contributed by atoms with Gasteiger partial charge in [0.05, 0.1) is 11.0 Å².